The molecule has 0 aromatic heterocycles. The van der Waals surface area contributed by atoms with Gasteiger partial charge in [0.25, 0.3) is 0 Å². The standard InChI is InChI=1S/C28H48O4/c1-9-28(12-10-11-13-28)32-23(29)21-15-19-14-20(21)17-27(8,16-19)31-24(30)22(26(5,6)7)18-25(2,3)4/h19-22H,9-18H2,1-8H3. The first-order valence-electron chi connectivity index (χ1n) is 13.1. The third-order valence-electron chi connectivity index (χ3n) is 8.48. The minimum Gasteiger partial charge on any atom is -0.459 e. The van der Waals surface area contributed by atoms with E-state index in [2.05, 4.69) is 55.4 Å². The Kier molecular flexibility index (Phi) is 7.15. The van der Waals surface area contributed by atoms with Gasteiger partial charge in [0, 0.05) is 0 Å². The number of rotatable bonds is 6. The molecule has 3 aliphatic carbocycles. The molecule has 3 saturated carbocycles. The molecule has 0 aromatic carbocycles. The molecule has 3 fully saturated rings. The Morgan fingerprint density at radius 1 is 0.969 bits per heavy atom. The Hall–Kier alpha value is -1.06. The fourth-order valence-corrected chi connectivity index (χ4v) is 6.76. The van der Waals surface area contributed by atoms with E-state index in [1.165, 1.54) is 0 Å². The van der Waals surface area contributed by atoms with Crippen LogP contribution >= 0.6 is 0 Å². The number of carbonyl (C=O) groups is 2. The number of carbonyl (C=O) groups excluding carboxylic acids is 2. The lowest BCUT2D eigenvalue weighted by molar-refractivity contribution is -0.174. The number of ether oxygens (including phenoxy) is 2. The van der Waals surface area contributed by atoms with E-state index >= 15 is 0 Å². The van der Waals surface area contributed by atoms with Crippen molar-refractivity contribution in [3.8, 4) is 0 Å². The highest BCUT2D eigenvalue weighted by Crippen LogP contribution is 2.52. The van der Waals surface area contributed by atoms with Crippen molar-refractivity contribution in [3.05, 3.63) is 0 Å². The molecule has 0 N–H and O–H groups in total. The highest BCUT2D eigenvalue weighted by Gasteiger charge is 2.52. The van der Waals surface area contributed by atoms with Crippen LogP contribution in [0.3, 0.4) is 0 Å². The van der Waals surface area contributed by atoms with Gasteiger partial charge in [-0.15, -0.1) is 0 Å². The largest absolute Gasteiger partial charge is 0.459 e. The molecule has 0 amide bonds. The molecule has 0 heterocycles. The second kappa shape index (κ2) is 8.95. The van der Waals surface area contributed by atoms with Crippen LogP contribution in [-0.2, 0) is 19.1 Å². The predicted molar refractivity (Wildman–Crippen MR) is 128 cm³/mol. The van der Waals surface area contributed by atoms with E-state index < -0.39 is 5.60 Å². The van der Waals surface area contributed by atoms with E-state index in [-0.39, 0.29) is 46.1 Å². The first-order chi connectivity index (χ1) is 14.7. The van der Waals surface area contributed by atoms with Crippen molar-refractivity contribution in [3.63, 3.8) is 0 Å². The molecule has 4 nitrogen and oxygen atoms in total. The molecule has 2 bridgehead atoms. The van der Waals surface area contributed by atoms with Gasteiger partial charge in [-0.2, -0.15) is 0 Å². The normalized spacial score (nSPS) is 33.1. The highest BCUT2D eigenvalue weighted by molar-refractivity contribution is 5.75. The van der Waals surface area contributed by atoms with Crippen LogP contribution in [0.5, 0.6) is 0 Å². The van der Waals surface area contributed by atoms with Gasteiger partial charge in [0.05, 0.1) is 11.8 Å². The van der Waals surface area contributed by atoms with Crippen molar-refractivity contribution in [2.24, 2.45) is 34.5 Å². The van der Waals surface area contributed by atoms with Crippen LogP contribution in [0, 0.1) is 34.5 Å². The second-order valence-corrected chi connectivity index (χ2v) is 13.8. The summed E-state index contributed by atoms with van der Waals surface area (Å²) in [7, 11) is 0. The fourth-order valence-electron chi connectivity index (χ4n) is 6.76. The van der Waals surface area contributed by atoms with Crippen LogP contribution in [-0.4, -0.2) is 23.1 Å². The first-order valence-corrected chi connectivity index (χ1v) is 13.1. The van der Waals surface area contributed by atoms with Crippen LogP contribution < -0.4 is 0 Å². The number of esters is 2. The van der Waals surface area contributed by atoms with Crippen molar-refractivity contribution >= 4 is 11.9 Å². The summed E-state index contributed by atoms with van der Waals surface area (Å²) in [6, 6.07) is 0. The van der Waals surface area contributed by atoms with Crippen molar-refractivity contribution in [2.75, 3.05) is 0 Å². The molecule has 0 aromatic rings. The molecule has 3 aliphatic rings. The average Bonchev–Trinajstić information content (AvgIpc) is 3.22. The second-order valence-electron chi connectivity index (χ2n) is 13.8. The SMILES string of the molecule is CCC1(OC(=O)C2CC3CC2CC(C)(OC(=O)C(CC(C)(C)C)C(C)(C)C)C3)CCCC1. The third kappa shape index (κ3) is 5.89. The number of hydrogen-bond donors (Lipinski definition) is 0. The minimum atomic E-state index is -0.475. The smallest absolute Gasteiger partial charge is 0.310 e. The predicted octanol–water partition coefficient (Wildman–Crippen LogP) is 7.09. The van der Waals surface area contributed by atoms with E-state index in [1.807, 2.05) is 0 Å². The number of fused-ring (bicyclic) bond motifs is 2. The van der Waals surface area contributed by atoms with Crippen molar-refractivity contribution in [1.82, 2.24) is 0 Å². The number of hydrogen-bond acceptors (Lipinski definition) is 4. The monoisotopic (exact) mass is 448 g/mol. The Morgan fingerprint density at radius 2 is 1.59 bits per heavy atom. The summed E-state index contributed by atoms with van der Waals surface area (Å²) >= 11 is 0. The molecule has 3 rings (SSSR count). The lowest BCUT2D eigenvalue weighted by Gasteiger charge is -2.41. The average molecular weight is 449 g/mol. The fraction of sp³-hybridized carbons (Fsp3) is 0.929. The minimum absolute atomic E-state index is 0.0112. The van der Waals surface area contributed by atoms with E-state index in [9.17, 15) is 9.59 Å². The maximum Gasteiger partial charge on any atom is 0.310 e. The van der Waals surface area contributed by atoms with Gasteiger partial charge in [0.15, 0.2) is 0 Å². The molecule has 32 heavy (non-hydrogen) atoms. The van der Waals surface area contributed by atoms with Gasteiger partial charge in [0.2, 0.25) is 0 Å². The summed E-state index contributed by atoms with van der Waals surface area (Å²) in [5.74, 6) is 0.498. The Morgan fingerprint density at radius 3 is 2.12 bits per heavy atom. The molecule has 5 atom stereocenters. The van der Waals surface area contributed by atoms with Crippen LogP contribution in [0.15, 0.2) is 0 Å². The quantitative estimate of drug-likeness (QED) is 0.407. The summed E-state index contributed by atoms with van der Waals surface area (Å²) in [6.45, 7) is 17.2. The van der Waals surface area contributed by atoms with Gasteiger partial charge in [0.1, 0.15) is 11.2 Å². The van der Waals surface area contributed by atoms with E-state index in [0.29, 0.717) is 5.92 Å². The van der Waals surface area contributed by atoms with Crippen molar-refractivity contribution in [2.45, 2.75) is 131 Å². The zero-order chi connectivity index (χ0) is 23.9. The van der Waals surface area contributed by atoms with Gasteiger partial charge >= 0.3 is 11.9 Å². The Bertz CT molecular complexity index is 691. The van der Waals surface area contributed by atoms with E-state index in [0.717, 1.165) is 64.2 Å². The summed E-state index contributed by atoms with van der Waals surface area (Å²) in [5, 5.41) is 0. The third-order valence-corrected chi connectivity index (χ3v) is 8.48. The first kappa shape index (κ1) is 25.6. The molecule has 0 spiro atoms. The molecule has 0 radical (unpaired) electrons. The van der Waals surface area contributed by atoms with Crippen LogP contribution in [0.1, 0.15) is 120 Å². The summed E-state index contributed by atoms with van der Waals surface area (Å²) in [5.41, 5.74) is -0.780. The zero-order valence-electron chi connectivity index (χ0n) is 22.0. The lowest BCUT2D eigenvalue weighted by atomic mass is 9.72. The molecular weight excluding hydrogens is 400 g/mol. The van der Waals surface area contributed by atoms with E-state index in [4.69, 9.17) is 9.47 Å². The van der Waals surface area contributed by atoms with Gasteiger partial charge in [-0.05, 0) is 93.8 Å². The van der Waals surface area contributed by atoms with E-state index in [1.54, 1.807) is 0 Å². The van der Waals surface area contributed by atoms with Gasteiger partial charge < -0.3 is 9.47 Å². The maximum absolute atomic E-state index is 13.4. The lowest BCUT2D eigenvalue weighted by Crippen LogP contribution is -2.43. The topological polar surface area (TPSA) is 52.6 Å². The van der Waals surface area contributed by atoms with Gasteiger partial charge in [-0.25, -0.2) is 0 Å². The van der Waals surface area contributed by atoms with Crippen LogP contribution in [0.25, 0.3) is 0 Å². The summed E-state index contributed by atoms with van der Waals surface area (Å²) < 4.78 is 12.5. The molecule has 0 aliphatic heterocycles. The Balaban J connectivity index is 1.67. The molecule has 184 valence electrons. The molecule has 5 unspecified atom stereocenters. The molecule has 4 heteroatoms. The molecule has 0 saturated heterocycles. The highest BCUT2D eigenvalue weighted by atomic mass is 16.6. The zero-order valence-corrected chi connectivity index (χ0v) is 22.0. The van der Waals surface area contributed by atoms with Gasteiger partial charge in [-0.1, -0.05) is 48.5 Å². The maximum atomic E-state index is 13.4. The summed E-state index contributed by atoms with van der Waals surface area (Å²) in [6.07, 6.45) is 9.66. The Labute approximate surface area is 196 Å². The van der Waals surface area contributed by atoms with Crippen LogP contribution in [0.2, 0.25) is 0 Å². The van der Waals surface area contributed by atoms with Gasteiger partial charge in [-0.3, -0.25) is 9.59 Å². The molecular formula is C28H48O4. The van der Waals surface area contributed by atoms with Crippen LogP contribution in [0.4, 0.5) is 0 Å². The van der Waals surface area contributed by atoms with Crippen molar-refractivity contribution < 1.29 is 19.1 Å². The van der Waals surface area contributed by atoms with Crippen molar-refractivity contribution in [1.29, 1.82) is 0 Å². The summed E-state index contributed by atoms with van der Waals surface area (Å²) in [4.78, 5) is 26.6.